The molecule has 5 nitrogen and oxygen atoms in total. The van der Waals surface area contributed by atoms with Crippen LogP contribution in [0.4, 0.5) is 4.39 Å². The molecule has 0 saturated heterocycles. The zero-order chi connectivity index (χ0) is 15.5. The van der Waals surface area contributed by atoms with Gasteiger partial charge in [0.05, 0.1) is 11.5 Å². The molecule has 1 aromatic carbocycles. The van der Waals surface area contributed by atoms with E-state index in [1.165, 1.54) is 24.4 Å². The van der Waals surface area contributed by atoms with Crippen molar-refractivity contribution in [2.75, 3.05) is 6.54 Å². The molecule has 0 spiro atoms. The van der Waals surface area contributed by atoms with Crippen molar-refractivity contribution in [1.82, 2.24) is 9.29 Å². The fourth-order valence-electron chi connectivity index (χ4n) is 1.99. The fourth-order valence-corrected chi connectivity index (χ4v) is 3.11. The van der Waals surface area contributed by atoms with Crippen LogP contribution in [0.5, 0.6) is 0 Å². The van der Waals surface area contributed by atoms with Gasteiger partial charge in [-0.25, -0.2) is 17.5 Å². The van der Waals surface area contributed by atoms with Gasteiger partial charge in [0, 0.05) is 25.5 Å². The van der Waals surface area contributed by atoms with Crippen LogP contribution >= 0.6 is 0 Å². The van der Waals surface area contributed by atoms with Gasteiger partial charge in [-0.2, -0.15) is 0 Å². The lowest BCUT2D eigenvalue weighted by Crippen LogP contribution is -2.25. The SMILES string of the molecule is Cn1cc(S(=O)(=O)NCCc2cccc(F)c2)cc1CO. The molecule has 0 saturated carbocycles. The van der Waals surface area contributed by atoms with E-state index in [1.54, 1.807) is 23.7 Å². The van der Waals surface area contributed by atoms with E-state index in [-0.39, 0.29) is 23.9 Å². The highest BCUT2D eigenvalue weighted by molar-refractivity contribution is 7.89. The average Bonchev–Trinajstić information content (AvgIpc) is 2.81. The molecule has 2 aromatic rings. The molecular formula is C14H17FN2O3S. The van der Waals surface area contributed by atoms with Gasteiger partial charge in [0.2, 0.25) is 10.0 Å². The van der Waals surface area contributed by atoms with Crippen molar-refractivity contribution in [2.45, 2.75) is 17.9 Å². The van der Waals surface area contributed by atoms with Crippen LogP contribution in [0.1, 0.15) is 11.3 Å². The largest absolute Gasteiger partial charge is 0.390 e. The van der Waals surface area contributed by atoms with E-state index >= 15 is 0 Å². The zero-order valence-electron chi connectivity index (χ0n) is 11.6. The van der Waals surface area contributed by atoms with E-state index < -0.39 is 10.0 Å². The van der Waals surface area contributed by atoms with E-state index in [9.17, 15) is 12.8 Å². The topological polar surface area (TPSA) is 71.3 Å². The van der Waals surface area contributed by atoms with Gasteiger partial charge in [0.15, 0.2) is 0 Å². The van der Waals surface area contributed by atoms with Crippen molar-refractivity contribution >= 4 is 10.0 Å². The van der Waals surface area contributed by atoms with Gasteiger partial charge in [-0.15, -0.1) is 0 Å². The minimum Gasteiger partial charge on any atom is -0.390 e. The number of rotatable bonds is 6. The average molecular weight is 312 g/mol. The summed E-state index contributed by atoms with van der Waals surface area (Å²) in [6, 6.07) is 7.47. The van der Waals surface area contributed by atoms with E-state index in [0.717, 1.165) is 5.56 Å². The van der Waals surface area contributed by atoms with Crippen LogP contribution in [0.25, 0.3) is 0 Å². The Morgan fingerprint density at radius 3 is 2.71 bits per heavy atom. The molecule has 0 aliphatic carbocycles. The molecular weight excluding hydrogens is 295 g/mol. The van der Waals surface area contributed by atoms with E-state index in [0.29, 0.717) is 12.1 Å². The van der Waals surface area contributed by atoms with E-state index in [2.05, 4.69) is 4.72 Å². The molecule has 0 amide bonds. The van der Waals surface area contributed by atoms with Gasteiger partial charge >= 0.3 is 0 Å². The molecule has 0 bridgehead atoms. The van der Waals surface area contributed by atoms with Gasteiger partial charge in [-0.1, -0.05) is 12.1 Å². The molecule has 0 radical (unpaired) electrons. The van der Waals surface area contributed by atoms with Gasteiger partial charge in [0.1, 0.15) is 5.82 Å². The minimum atomic E-state index is -3.63. The summed E-state index contributed by atoms with van der Waals surface area (Å²) >= 11 is 0. The number of aromatic nitrogens is 1. The Hall–Kier alpha value is -1.70. The van der Waals surface area contributed by atoms with Crippen LogP contribution < -0.4 is 4.72 Å². The van der Waals surface area contributed by atoms with Crippen molar-refractivity contribution < 1.29 is 17.9 Å². The van der Waals surface area contributed by atoms with E-state index in [1.807, 2.05) is 0 Å². The Bertz CT molecular complexity index is 726. The maximum atomic E-state index is 13.0. The zero-order valence-corrected chi connectivity index (χ0v) is 12.4. The lowest BCUT2D eigenvalue weighted by atomic mass is 10.1. The molecule has 0 aliphatic heterocycles. The molecule has 2 rings (SSSR count). The maximum Gasteiger partial charge on any atom is 0.242 e. The highest BCUT2D eigenvalue weighted by Gasteiger charge is 2.16. The summed E-state index contributed by atoms with van der Waals surface area (Å²) in [5.74, 6) is -0.342. The summed E-state index contributed by atoms with van der Waals surface area (Å²) in [4.78, 5) is 0.105. The van der Waals surface area contributed by atoms with Crippen LogP contribution in [0.3, 0.4) is 0 Å². The van der Waals surface area contributed by atoms with Crippen molar-refractivity contribution in [3.05, 3.63) is 53.6 Å². The van der Waals surface area contributed by atoms with Crippen molar-refractivity contribution in [3.8, 4) is 0 Å². The van der Waals surface area contributed by atoms with Crippen LogP contribution in [0.15, 0.2) is 41.4 Å². The number of aryl methyl sites for hydroxylation is 1. The molecule has 0 aliphatic rings. The van der Waals surface area contributed by atoms with Gasteiger partial charge in [0.25, 0.3) is 0 Å². The van der Waals surface area contributed by atoms with Crippen LogP contribution in [-0.4, -0.2) is 24.6 Å². The Morgan fingerprint density at radius 2 is 2.10 bits per heavy atom. The highest BCUT2D eigenvalue weighted by Crippen LogP contribution is 2.13. The first-order chi connectivity index (χ1) is 9.92. The number of halogens is 1. The summed E-state index contributed by atoms with van der Waals surface area (Å²) in [6.45, 7) is -0.0511. The lowest BCUT2D eigenvalue weighted by molar-refractivity contribution is 0.272. The first kappa shape index (κ1) is 15.7. The summed E-state index contributed by atoms with van der Waals surface area (Å²) in [5, 5.41) is 9.08. The van der Waals surface area contributed by atoms with Crippen molar-refractivity contribution in [3.63, 3.8) is 0 Å². The first-order valence-electron chi connectivity index (χ1n) is 6.42. The molecule has 21 heavy (non-hydrogen) atoms. The normalized spacial score (nSPS) is 11.8. The van der Waals surface area contributed by atoms with Crippen LogP contribution in [0.2, 0.25) is 0 Å². The number of benzene rings is 1. The summed E-state index contributed by atoms with van der Waals surface area (Å²) in [6.07, 6.45) is 1.84. The number of hydrogen-bond donors (Lipinski definition) is 2. The lowest BCUT2D eigenvalue weighted by Gasteiger charge is -2.05. The molecule has 7 heteroatoms. The smallest absolute Gasteiger partial charge is 0.242 e. The number of nitrogens with one attached hydrogen (secondary N) is 1. The standard InChI is InChI=1S/C14H17FN2O3S/c1-17-9-14(8-13(17)10-18)21(19,20)16-6-5-11-3-2-4-12(15)7-11/h2-4,7-9,16,18H,5-6,10H2,1H3. The third-order valence-electron chi connectivity index (χ3n) is 3.15. The Morgan fingerprint density at radius 1 is 1.33 bits per heavy atom. The predicted octanol–water partition coefficient (Wildman–Crippen LogP) is 1.18. The van der Waals surface area contributed by atoms with Gasteiger partial charge in [-0.3, -0.25) is 0 Å². The second-order valence-corrected chi connectivity index (χ2v) is 6.48. The molecule has 1 heterocycles. The van der Waals surface area contributed by atoms with Crippen molar-refractivity contribution in [2.24, 2.45) is 7.05 Å². The van der Waals surface area contributed by atoms with Gasteiger partial charge in [-0.05, 0) is 30.2 Å². The van der Waals surface area contributed by atoms with E-state index in [4.69, 9.17) is 5.11 Å². The molecule has 0 atom stereocenters. The summed E-state index contributed by atoms with van der Waals surface area (Å²) < 4.78 is 41.2. The quantitative estimate of drug-likeness (QED) is 0.841. The van der Waals surface area contributed by atoms with Gasteiger partial charge < -0.3 is 9.67 Å². The number of nitrogens with zero attached hydrogens (tertiary/aromatic N) is 1. The molecule has 114 valence electrons. The Balaban J connectivity index is 2.01. The highest BCUT2D eigenvalue weighted by atomic mass is 32.2. The van der Waals surface area contributed by atoms with Crippen LogP contribution in [0, 0.1) is 5.82 Å². The summed E-state index contributed by atoms with van der Waals surface area (Å²) in [7, 11) is -1.96. The number of sulfonamides is 1. The predicted molar refractivity (Wildman–Crippen MR) is 76.6 cm³/mol. The Labute approximate surface area is 123 Å². The fraction of sp³-hybridized carbons (Fsp3) is 0.286. The number of hydrogen-bond acceptors (Lipinski definition) is 3. The van der Waals surface area contributed by atoms with Crippen molar-refractivity contribution in [1.29, 1.82) is 0 Å². The third-order valence-corrected chi connectivity index (χ3v) is 4.58. The second-order valence-electron chi connectivity index (χ2n) is 4.71. The first-order valence-corrected chi connectivity index (χ1v) is 7.91. The molecule has 2 N–H and O–H groups in total. The number of aliphatic hydroxyl groups excluding tert-OH is 1. The third kappa shape index (κ3) is 3.90. The molecule has 0 fully saturated rings. The maximum absolute atomic E-state index is 13.0. The minimum absolute atomic E-state index is 0.105. The van der Waals surface area contributed by atoms with Crippen LogP contribution in [-0.2, 0) is 30.1 Å². The summed E-state index contributed by atoms with van der Waals surface area (Å²) in [5.41, 5.74) is 1.24. The number of aliphatic hydroxyl groups is 1. The monoisotopic (exact) mass is 312 g/mol. The Kier molecular flexibility index (Phi) is 4.76. The molecule has 0 unspecified atom stereocenters. The molecule has 1 aromatic heterocycles. The second kappa shape index (κ2) is 6.38.